The lowest BCUT2D eigenvalue weighted by molar-refractivity contribution is -0.113. The number of carbonyl (C=O) groups excluding carboxylic acids is 2. The summed E-state index contributed by atoms with van der Waals surface area (Å²) in [6.07, 6.45) is 3.75. The maximum atomic E-state index is 12.2. The number of aromatic nitrogens is 2. The highest BCUT2D eigenvalue weighted by Gasteiger charge is 2.17. The van der Waals surface area contributed by atoms with Gasteiger partial charge in [0.2, 0.25) is 0 Å². The third-order valence-corrected chi connectivity index (χ3v) is 3.27. The number of fused-ring (bicyclic) bond motifs is 1. The number of benzene rings is 1. The van der Waals surface area contributed by atoms with Crippen LogP contribution in [0.25, 0.3) is 10.9 Å². The van der Waals surface area contributed by atoms with E-state index in [9.17, 15) is 9.59 Å². The molecule has 2 aromatic rings. The summed E-state index contributed by atoms with van der Waals surface area (Å²) < 4.78 is 0. The van der Waals surface area contributed by atoms with Crippen LogP contribution in [0.3, 0.4) is 0 Å². The van der Waals surface area contributed by atoms with Crippen molar-refractivity contribution in [2.24, 2.45) is 4.99 Å². The Kier molecular flexibility index (Phi) is 3.59. The molecule has 1 aromatic carbocycles. The van der Waals surface area contributed by atoms with Crippen LogP contribution in [0.1, 0.15) is 23.3 Å². The molecule has 21 heavy (non-hydrogen) atoms. The highest BCUT2D eigenvalue weighted by Crippen LogP contribution is 2.17. The normalized spacial score (nSPS) is 13.8. The maximum absolute atomic E-state index is 12.2. The van der Waals surface area contributed by atoms with Gasteiger partial charge in [0.1, 0.15) is 5.69 Å². The molecule has 2 heterocycles. The summed E-state index contributed by atoms with van der Waals surface area (Å²) in [4.78, 5) is 28.2. The van der Waals surface area contributed by atoms with Crippen molar-refractivity contribution in [2.75, 3.05) is 6.54 Å². The highest BCUT2D eigenvalue weighted by molar-refractivity contribution is 6.39. The van der Waals surface area contributed by atoms with Crippen LogP contribution in [0.5, 0.6) is 0 Å². The largest absolute Gasteiger partial charge is 0.344 e. The van der Waals surface area contributed by atoms with E-state index < -0.39 is 0 Å². The van der Waals surface area contributed by atoms with Crippen LogP contribution in [0, 0.1) is 0 Å². The number of rotatable bonds is 5. The summed E-state index contributed by atoms with van der Waals surface area (Å²) >= 11 is 0. The molecule has 1 aromatic heterocycles. The second-order valence-corrected chi connectivity index (χ2v) is 4.70. The first-order valence-electron chi connectivity index (χ1n) is 6.71. The summed E-state index contributed by atoms with van der Waals surface area (Å²) in [6.45, 7) is 0.492. The van der Waals surface area contributed by atoms with Crippen molar-refractivity contribution in [3.05, 3.63) is 42.2 Å². The summed E-state index contributed by atoms with van der Waals surface area (Å²) in [6, 6.07) is 7.42. The minimum Gasteiger partial charge on any atom is -0.344 e. The van der Waals surface area contributed by atoms with Crippen molar-refractivity contribution in [3.8, 4) is 0 Å². The van der Waals surface area contributed by atoms with Gasteiger partial charge in [-0.2, -0.15) is 5.10 Å². The lowest BCUT2D eigenvalue weighted by atomic mass is 10.1. The molecule has 6 nitrogen and oxygen atoms in total. The van der Waals surface area contributed by atoms with Crippen LogP contribution in [-0.2, 0) is 4.79 Å². The standard InChI is InChI=1S/C15H14N4O2/c20-12(6-7-13(21)15-16-8-3-9-17-15)14-10-4-1-2-5-11(10)18-19-14/h1-5,8H,6-7,9H2,(H,16,17)(H,18,19). The predicted molar refractivity (Wildman–Crippen MR) is 79.2 cm³/mol. The van der Waals surface area contributed by atoms with E-state index in [0.717, 1.165) is 10.9 Å². The van der Waals surface area contributed by atoms with Crippen LogP contribution < -0.4 is 5.32 Å². The van der Waals surface area contributed by atoms with Gasteiger partial charge in [-0.25, -0.2) is 0 Å². The molecule has 0 aliphatic carbocycles. The molecule has 0 saturated heterocycles. The minimum atomic E-state index is -0.160. The Balaban J connectivity index is 1.67. The Morgan fingerprint density at radius 3 is 2.76 bits per heavy atom. The maximum Gasteiger partial charge on any atom is 0.198 e. The van der Waals surface area contributed by atoms with Crippen LogP contribution >= 0.6 is 0 Å². The molecule has 1 aliphatic rings. The first kappa shape index (κ1) is 13.2. The fourth-order valence-corrected chi connectivity index (χ4v) is 2.19. The number of H-pyrrole nitrogens is 1. The fourth-order valence-electron chi connectivity index (χ4n) is 2.19. The van der Waals surface area contributed by atoms with Gasteiger partial charge in [0.05, 0.1) is 12.1 Å². The third kappa shape index (κ3) is 2.74. The van der Waals surface area contributed by atoms with Crippen LogP contribution in [0.2, 0.25) is 0 Å². The zero-order valence-corrected chi connectivity index (χ0v) is 11.3. The molecule has 6 heteroatoms. The van der Waals surface area contributed by atoms with Gasteiger partial charge < -0.3 is 5.32 Å². The molecule has 0 atom stereocenters. The molecular formula is C15H14N4O2. The van der Waals surface area contributed by atoms with Crippen molar-refractivity contribution in [1.29, 1.82) is 0 Å². The number of nitrogens with zero attached hydrogens (tertiary/aromatic N) is 2. The highest BCUT2D eigenvalue weighted by atomic mass is 16.1. The Labute approximate surface area is 121 Å². The molecule has 0 bridgehead atoms. The third-order valence-electron chi connectivity index (χ3n) is 3.27. The van der Waals surface area contributed by atoms with Crippen molar-refractivity contribution in [1.82, 2.24) is 15.5 Å². The number of aliphatic imine (C=N–C) groups is 1. The van der Waals surface area contributed by atoms with E-state index in [1.54, 1.807) is 6.20 Å². The molecule has 2 N–H and O–H groups in total. The van der Waals surface area contributed by atoms with E-state index in [2.05, 4.69) is 20.5 Å². The van der Waals surface area contributed by atoms with Crippen molar-refractivity contribution in [2.45, 2.75) is 12.8 Å². The van der Waals surface area contributed by atoms with Crippen LogP contribution in [0.15, 0.2) is 41.5 Å². The van der Waals surface area contributed by atoms with Crippen LogP contribution in [-0.4, -0.2) is 34.1 Å². The monoisotopic (exact) mass is 282 g/mol. The molecular weight excluding hydrogens is 268 g/mol. The summed E-state index contributed by atoms with van der Waals surface area (Å²) in [5.41, 5.74) is 1.20. The summed E-state index contributed by atoms with van der Waals surface area (Å²) in [7, 11) is 0. The van der Waals surface area contributed by atoms with Gasteiger partial charge in [-0.05, 0) is 12.1 Å². The number of ketones is 2. The molecule has 0 spiro atoms. The second-order valence-electron chi connectivity index (χ2n) is 4.70. The molecule has 0 saturated carbocycles. The average molecular weight is 282 g/mol. The second kappa shape index (κ2) is 5.70. The number of hydrogen-bond donors (Lipinski definition) is 2. The van der Waals surface area contributed by atoms with Crippen molar-refractivity contribution in [3.63, 3.8) is 0 Å². The Bertz CT molecular complexity index is 758. The topological polar surface area (TPSA) is 87.2 Å². The average Bonchev–Trinajstić information content (AvgIpc) is 2.97. The molecule has 1 aliphatic heterocycles. The zero-order chi connectivity index (χ0) is 14.7. The first-order chi connectivity index (χ1) is 10.3. The van der Waals surface area contributed by atoms with Gasteiger partial charge >= 0.3 is 0 Å². The quantitative estimate of drug-likeness (QED) is 0.816. The van der Waals surface area contributed by atoms with E-state index in [1.807, 2.05) is 30.3 Å². The van der Waals surface area contributed by atoms with Crippen molar-refractivity contribution < 1.29 is 9.59 Å². The number of aromatic amines is 1. The van der Waals surface area contributed by atoms with E-state index in [4.69, 9.17) is 0 Å². The molecule has 0 radical (unpaired) electrons. The SMILES string of the molecule is O=C(CCC(=O)c1n[nH]c2ccccc12)C1=NCC=CN1. The number of nitrogens with one attached hydrogen (secondary N) is 2. The van der Waals surface area contributed by atoms with E-state index >= 15 is 0 Å². The molecule has 106 valence electrons. The van der Waals surface area contributed by atoms with Gasteiger partial charge in [-0.15, -0.1) is 0 Å². The lowest BCUT2D eigenvalue weighted by Crippen LogP contribution is -2.29. The number of amidine groups is 1. The van der Waals surface area contributed by atoms with Crippen molar-refractivity contribution >= 4 is 28.3 Å². The Morgan fingerprint density at radius 2 is 1.95 bits per heavy atom. The van der Waals surface area contributed by atoms with E-state index in [0.29, 0.717) is 18.1 Å². The molecule has 0 fully saturated rings. The molecule has 0 amide bonds. The van der Waals surface area contributed by atoms with Crippen LogP contribution in [0.4, 0.5) is 0 Å². The van der Waals surface area contributed by atoms with Gasteiger partial charge in [0.25, 0.3) is 0 Å². The molecule has 3 rings (SSSR count). The Hall–Kier alpha value is -2.76. The van der Waals surface area contributed by atoms with Gasteiger partial charge in [-0.1, -0.05) is 18.2 Å². The smallest absolute Gasteiger partial charge is 0.198 e. The number of hydrogen-bond acceptors (Lipinski definition) is 5. The molecule has 0 unspecified atom stereocenters. The minimum absolute atomic E-state index is 0.123. The number of Topliss-reactive ketones (excluding diaryl/α,β-unsaturated/α-hetero) is 2. The summed E-state index contributed by atoms with van der Waals surface area (Å²) in [5.74, 6) is 0.0116. The lowest BCUT2D eigenvalue weighted by Gasteiger charge is -2.07. The van der Waals surface area contributed by atoms with Gasteiger partial charge in [0, 0.05) is 24.4 Å². The Morgan fingerprint density at radius 1 is 1.14 bits per heavy atom. The van der Waals surface area contributed by atoms with E-state index in [1.165, 1.54) is 0 Å². The van der Waals surface area contributed by atoms with Gasteiger partial charge in [-0.3, -0.25) is 19.7 Å². The fraction of sp³-hybridized carbons (Fsp3) is 0.200. The predicted octanol–water partition coefficient (Wildman–Crippen LogP) is 1.61. The zero-order valence-electron chi connectivity index (χ0n) is 11.3. The number of para-hydroxylation sites is 1. The van der Waals surface area contributed by atoms with E-state index in [-0.39, 0.29) is 24.4 Å². The van der Waals surface area contributed by atoms with Gasteiger partial charge in [0.15, 0.2) is 17.4 Å². The number of carbonyl (C=O) groups is 2. The summed E-state index contributed by atoms with van der Waals surface area (Å²) in [5, 5.41) is 10.4. The first-order valence-corrected chi connectivity index (χ1v) is 6.71.